The first-order chi connectivity index (χ1) is 11.4. The molecule has 1 aromatic heterocycles. The highest BCUT2D eigenvalue weighted by atomic mass is 16.5. The maximum absolute atomic E-state index is 12.2. The second-order valence-corrected chi connectivity index (χ2v) is 5.95. The Morgan fingerprint density at radius 2 is 1.75 bits per heavy atom. The molecule has 1 amide bonds. The highest BCUT2D eigenvalue weighted by molar-refractivity contribution is 5.91. The molecule has 7 nitrogen and oxygen atoms in total. The Hall–Kier alpha value is -2.70. The van der Waals surface area contributed by atoms with Crippen LogP contribution in [-0.4, -0.2) is 50.2 Å². The van der Waals surface area contributed by atoms with Gasteiger partial charge in [0, 0.05) is 12.1 Å². The fraction of sp³-hybridized carbons (Fsp3) is 0.412. The molecule has 0 aliphatic rings. The van der Waals surface area contributed by atoms with Gasteiger partial charge in [-0.1, -0.05) is 0 Å². The fourth-order valence-electron chi connectivity index (χ4n) is 2.55. The molecule has 0 bridgehead atoms. The van der Waals surface area contributed by atoms with Crippen LogP contribution in [0.15, 0.2) is 36.9 Å². The lowest BCUT2D eigenvalue weighted by atomic mass is 10.2. The van der Waals surface area contributed by atoms with Crippen molar-refractivity contribution in [3.63, 3.8) is 0 Å². The molecule has 0 atom stereocenters. The Balaban J connectivity index is 1.96. The van der Waals surface area contributed by atoms with Gasteiger partial charge in [-0.15, -0.1) is 0 Å². The highest BCUT2D eigenvalue weighted by Gasteiger charge is 2.21. The maximum Gasteiger partial charge on any atom is 0.338 e. The normalized spacial score (nSPS) is 10.9. The van der Waals surface area contributed by atoms with Crippen LogP contribution in [0.4, 0.5) is 0 Å². The van der Waals surface area contributed by atoms with Gasteiger partial charge in [-0.05, 0) is 52.0 Å². The first kappa shape index (κ1) is 17.7. The molecule has 0 unspecified atom stereocenters. The molecule has 0 saturated heterocycles. The summed E-state index contributed by atoms with van der Waals surface area (Å²) in [5.74, 6) is -0.728. The van der Waals surface area contributed by atoms with Gasteiger partial charge in [-0.2, -0.15) is 5.10 Å². The van der Waals surface area contributed by atoms with E-state index < -0.39 is 5.97 Å². The number of nitrogens with zero attached hydrogens (tertiary/aromatic N) is 4. The second kappa shape index (κ2) is 7.72. The van der Waals surface area contributed by atoms with Crippen molar-refractivity contribution < 1.29 is 14.3 Å². The molecule has 1 heterocycles. The zero-order valence-corrected chi connectivity index (χ0v) is 14.3. The zero-order chi connectivity index (χ0) is 17.7. The van der Waals surface area contributed by atoms with Gasteiger partial charge in [0.25, 0.3) is 5.91 Å². The average molecular weight is 330 g/mol. The number of aromatic nitrogens is 3. The lowest BCUT2D eigenvalue weighted by molar-refractivity contribution is -0.138. The molecule has 1 aromatic carbocycles. The summed E-state index contributed by atoms with van der Waals surface area (Å²) in [7, 11) is 0. The van der Waals surface area contributed by atoms with Crippen molar-refractivity contribution in [2.24, 2.45) is 0 Å². The van der Waals surface area contributed by atoms with Gasteiger partial charge in [-0.25, -0.2) is 14.5 Å². The van der Waals surface area contributed by atoms with Crippen molar-refractivity contribution in [3.8, 4) is 5.69 Å². The summed E-state index contributed by atoms with van der Waals surface area (Å²) in [6.07, 6.45) is 3.00. The molecular formula is C17H22N4O3. The minimum absolute atomic E-state index is 0.0539. The lowest BCUT2D eigenvalue weighted by Crippen LogP contribution is -2.44. The van der Waals surface area contributed by atoms with Gasteiger partial charge < -0.3 is 9.64 Å². The quantitative estimate of drug-likeness (QED) is 0.758. The van der Waals surface area contributed by atoms with Crippen LogP contribution in [0.1, 0.15) is 38.1 Å². The first-order valence-electron chi connectivity index (χ1n) is 7.83. The minimum atomic E-state index is -0.527. The van der Waals surface area contributed by atoms with Crippen molar-refractivity contribution in [2.75, 3.05) is 6.61 Å². The van der Waals surface area contributed by atoms with Crippen LogP contribution >= 0.6 is 0 Å². The SMILES string of the molecule is CC(C)N(C(=O)COC(=O)c1ccc(-n2cncn2)cc1)C(C)C. The summed E-state index contributed by atoms with van der Waals surface area (Å²) in [5.41, 5.74) is 1.17. The van der Waals surface area contributed by atoms with Crippen molar-refractivity contribution in [2.45, 2.75) is 39.8 Å². The summed E-state index contributed by atoms with van der Waals surface area (Å²) in [5, 5.41) is 4.01. The Bertz CT molecular complexity index is 670. The van der Waals surface area contributed by atoms with Gasteiger partial charge >= 0.3 is 5.97 Å². The van der Waals surface area contributed by atoms with E-state index in [4.69, 9.17) is 4.74 Å². The molecular weight excluding hydrogens is 308 g/mol. The first-order valence-corrected chi connectivity index (χ1v) is 7.83. The van der Waals surface area contributed by atoms with E-state index in [0.29, 0.717) is 5.56 Å². The summed E-state index contributed by atoms with van der Waals surface area (Å²) in [6.45, 7) is 7.47. The zero-order valence-electron chi connectivity index (χ0n) is 14.3. The summed E-state index contributed by atoms with van der Waals surface area (Å²) >= 11 is 0. The van der Waals surface area contributed by atoms with Gasteiger partial charge in [0.1, 0.15) is 12.7 Å². The number of rotatable bonds is 6. The molecule has 2 aromatic rings. The van der Waals surface area contributed by atoms with Gasteiger partial charge in [-0.3, -0.25) is 4.79 Å². The lowest BCUT2D eigenvalue weighted by Gasteiger charge is -2.30. The van der Waals surface area contributed by atoms with E-state index in [0.717, 1.165) is 5.69 Å². The van der Waals surface area contributed by atoms with Crippen LogP contribution in [0, 0.1) is 0 Å². The number of hydrogen-bond acceptors (Lipinski definition) is 5. The topological polar surface area (TPSA) is 77.3 Å². The molecule has 0 N–H and O–H groups in total. The van der Waals surface area contributed by atoms with Crippen LogP contribution in [0.5, 0.6) is 0 Å². The van der Waals surface area contributed by atoms with Crippen LogP contribution in [0.2, 0.25) is 0 Å². The third kappa shape index (κ3) is 4.18. The van der Waals surface area contributed by atoms with E-state index >= 15 is 0 Å². The van der Waals surface area contributed by atoms with Crippen LogP contribution in [-0.2, 0) is 9.53 Å². The number of benzene rings is 1. The smallest absolute Gasteiger partial charge is 0.338 e. The molecule has 7 heteroatoms. The van der Waals surface area contributed by atoms with E-state index in [1.807, 2.05) is 27.7 Å². The molecule has 0 spiro atoms. The van der Waals surface area contributed by atoms with E-state index in [9.17, 15) is 9.59 Å². The molecule has 2 rings (SSSR count). The summed E-state index contributed by atoms with van der Waals surface area (Å²) in [4.78, 5) is 29.8. The fourth-order valence-corrected chi connectivity index (χ4v) is 2.55. The Kier molecular flexibility index (Phi) is 5.68. The van der Waals surface area contributed by atoms with Crippen molar-refractivity contribution >= 4 is 11.9 Å². The third-order valence-electron chi connectivity index (χ3n) is 3.51. The number of carbonyl (C=O) groups excluding carboxylic acids is 2. The van der Waals surface area contributed by atoms with E-state index in [2.05, 4.69) is 10.1 Å². The maximum atomic E-state index is 12.2. The van der Waals surface area contributed by atoms with Crippen molar-refractivity contribution in [1.29, 1.82) is 0 Å². The minimum Gasteiger partial charge on any atom is -0.452 e. The Morgan fingerprint density at radius 3 is 2.25 bits per heavy atom. The second-order valence-electron chi connectivity index (χ2n) is 5.95. The summed E-state index contributed by atoms with van der Waals surface area (Å²) in [6, 6.07) is 6.85. The van der Waals surface area contributed by atoms with Crippen LogP contribution < -0.4 is 0 Å². The predicted octanol–water partition coefficient (Wildman–Crippen LogP) is 2.07. The number of carbonyl (C=O) groups is 2. The molecule has 0 aliphatic heterocycles. The predicted molar refractivity (Wildman–Crippen MR) is 88.8 cm³/mol. The average Bonchev–Trinajstić information content (AvgIpc) is 3.06. The molecule has 0 saturated carbocycles. The van der Waals surface area contributed by atoms with E-state index in [1.165, 1.54) is 6.33 Å². The summed E-state index contributed by atoms with van der Waals surface area (Å²) < 4.78 is 6.72. The number of ether oxygens (including phenoxy) is 1. The molecule has 24 heavy (non-hydrogen) atoms. The third-order valence-corrected chi connectivity index (χ3v) is 3.51. The number of amides is 1. The van der Waals surface area contributed by atoms with Crippen LogP contribution in [0.3, 0.4) is 0 Å². The molecule has 0 radical (unpaired) electrons. The number of hydrogen-bond donors (Lipinski definition) is 0. The van der Waals surface area contributed by atoms with E-state index in [1.54, 1.807) is 40.2 Å². The van der Waals surface area contributed by atoms with Gasteiger partial charge in [0.15, 0.2) is 6.61 Å². The Morgan fingerprint density at radius 1 is 1.12 bits per heavy atom. The largest absolute Gasteiger partial charge is 0.452 e. The standard InChI is InChI=1S/C17H22N4O3/c1-12(2)21(13(3)4)16(22)9-24-17(23)14-5-7-15(8-6-14)20-11-18-10-19-20/h5-8,10-13H,9H2,1-4H3. The van der Waals surface area contributed by atoms with Crippen molar-refractivity contribution in [1.82, 2.24) is 19.7 Å². The van der Waals surface area contributed by atoms with E-state index in [-0.39, 0.29) is 24.6 Å². The van der Waals surface area contributed by atoms with Crippen molar-refractivity contribution in [3.05, 3.63) is 42.5 Å². The highest BCUT2D eigenvalue weighted by Crippen LogP contribution is 2.10. The number of esters is 1. The van der Waals surface area contributed by atoms with Gasteiger partial charge in [0.05, 0.1) is 11.3 Å². The monoisotopic (exact) mass is 330 g/mol. The molecule has 128 valence electrons. The molecule has 0 fully saturated rings. The van der Waals surface area contributed by atoms with Gasteiger partial charge in [0.2, 0.25) is 0 Å². The van der Waals surface area contributed by atoms with Crippen LogP contribution in [0.25, 0.3) is 5.69 Å². The Labute approximate surface area is 141 Å². The molecule has 0 aliphatic carbocycles.